The minimum absolute atomic E-state index is 0. The number of esters is 2. The number of rotatable bonds is 35. The fourth-order valence-corrected chi connectivity index (χ4v) is 6.24. The van der Waals surface area contributed by atoms with Gasteiger partial charge in [0.25, 0.3) is 0 Å². The second-order valence-corrected chi connectivity index (χ2v) is 15.3. The molecule has 1 atom stereocenters. The molecule has 0 aromatic heterocycles. The van der Waals surface area contributed by atoms with Crippen molar-refractivity contribution in [3.05, 3.63) is 35.9 Å². The summed E-state index contributed by atoms with van der Waals surface area (Å²) in [6.45, 7) is 3.95. The topological polar surface area (TPSA) is 145 Å². The fourth-order valence-electron chi connectivity index (χ4n) is 5.93. The predicted octanol–water partition coefficient (Wildman–Crippen LogP) is 10.0. The first-order valence-corrected chi connectivity index (χ1v) is 22.3. The molecule has 1 rings (SSSR count). The zero-order chi connectivity index (χ0) is 38.4. The van der Waals surface area contributed by atoms with Crippen molar-refractivity contribution >= 4 is 57.5 Å². The third kappa shape index (κ3) is 42.5. The number of hydrogen-bond donors (Lipinski definition) is 1. The average molecular weight is 795 g/mol. The number of hydrogen-bond acceptors (Lipinski definition) is 9. The monoisotopic (exact) mass is 794 g/mol. The quantitative estimate of drug-likeness (QED) is 0.0307. The molecular formula is C42H75CaO9P. The molecule has 0 fully saturated rings. The molecule has 0 spiro atoms. The van der Waals surface area contributed by atoms with E-state index in [0.717, 1.165) is 32.1 Å². The van der Waals surface area contributed by atoms with Crippen molar-refractivity contribution in [3.8, 4) is 0 Å². The zero-order valence-corrected chi connectivity index (χ0v) is 36.9. The fraction of sp³-hybridized carbons (Fsp3) is 0.810. The van der Waals surface area contributed by atoms with Crippen LogP contribution in [0.5, 0.6) is 0 Å². The summed E-state index contributed by atoms with van der Waals surface area (Å²) in [5.41, 5.74) is 0.657. The molecule has 0 heterocycles. The molecule has 0 amide bonds. The Morgan fingerprint density at radius 2 is 0.962 bits per heavy atom. The van der Waals surface area contributed by atoms with Crippen molar-refractivity contribution in [2.45, 2.75) is 206 Å². The van der Waals surface area contributed by atoms with Crippen molar-refractivity contribution in [2.24, 2.45) is 0 Å². The number of unbranched alkanes of at least 4 members (excludes halogenated alkanes) is 24. The van der Waals surface area contributed by atoms with E-state index in [-0.39, 0.29) is 69.5 Å². The van der Waals surface area contributed by atoms with Crippen molar-refractivity contribution in [1.29, 1.82) is 0 Å². The van der Waals surface area contributed by atoms with E-state index in [9.17, 15) is 29.0 Å². The average Bonchev–Trinajstić information content (AvgIpc) is 3.13. The summed E-state index contributed by atoms with van der Waals surface area (Å²) >= 11 is 0. The first-order valence-electron chi connectivity index (χ1n) is 20.9. The van der Waals surface area contributed by atoms with Crippen LogP contribution in [0.4, 0.5) is 0 Å². The van der Waals surface area contributed by atoms with E-state index in [1.165, 1.54) is 135 Å². The van der Waals surface area contributed by atoms with Gasteiger partial charge in [-0.25, -0.2) is 0 Å². The largest absolute Gasteiger partial charge is 2.00 e. The molecule has 0 saturated heterocycles. The van der Waals surface area contributed by atoms with Crippen molar-refractivity contribution in [2.75, 3.05) is 13.2 Å². The Labute approximate surface area is 353 Å². The second-order valence-electron chi connectivity index (χ2n) is 14.2. The van der Waals surface area contributed by atoms with Crippen LogP contribution in [0, 0.1) is 0 Å². The predicted molar refractivity (Wildman–Crippen MR) is 213 cm³/mol. The Kier molecular flexibility index (Phi) is 42.4. The SMILES string of the molecule is CCCCCCCCCCCCCCCC(=O)OCC(CO)OC(=O)CCCCCCCCCCCCCCC.O=P([O-])([O-])OCc1ccccc1.[Ca+2]. The van der Waals surface area contributed by atoms with Gasteiger partial charge >= 0.3 is 49.7 Å². The van der Waals surface area contributed by atoms with E-state index in [0.29, 0.717) is 18.4 Å². The number of carbonyl (C=O) groups excluding carboxylic acids is 2. The number of ether oxygens (including phenoxy) is 2. The summed E-state index contributed by atoms with van der Waals surface area (Å²) in [5, 5.41) is 9.50. The van der Waals surface area contributed by atoms with Gasteiger partial charge in [-0.15, -0.1) is 0 Å². The van der Waals surface area contributed by atoms with E-state index < -0.39 is 13.9 Å². The van der Waals surface area contributed by atoms with Crippen LogP contribution in [0.15, 0.2) is 30.3 Å². The summed E-state index contributed by atoms with van der Waals surface area (Å²) < 4.78 is 24.7. The van der Waals surface area contributed by atoms with Crippen molar-refractivity contribution < 1.29 is 43.0 Å². The van der Waals surface area contributed by atoms with Gasteiger partial charge < -0.3 is 33.5 Å². The van der Waals surface area contributed by atoms with Crippen LogP contribution in [0.1, 0.15) is 199 Å². The van der Waals surface area contributed by atoms with Gasteiger partial charge in [-0.3, -0.25) is 9.59 Å². The normalized spacial score (nSPS) is 11.6. The molecule has 11 heteroatoms. The third-order valence-corrected chi connectivity index (χ3v) is 9.58. The Morgan fingerprint density at radius 3 is 1.32 bits per heavy atom. The second kappa shape index (κ2) is 41.1. The van der Waals surface area contributed by atoms with Crippen LogP contribution in [0.3, 0.4) is 0 Å². The Bertz CT molecular complexity index is 977. The molecule has 1 unspecified atom stereocenters. The molecule has 1 N–H and O–H groups in total. The number of phosphoric acid groups is 1. The van der Waals surface area contributed by atoms with Gasteiger partial charge in [0.2, 0.25) is 0 Å². The minimum Gasteiger partial charge on any atom is -0.790 e. The van der Waals surface area contributed by atoms with Gasteiger partial charge in [0.05, 0.1) is 21.0 Å². The van der Waals surface area contributed by atoms with Gasteiger partial charge in [0.15, 0.2) is 6.10 Å². The van der Waals surface area contributed by atoms with Gasteiger partial charge in [-0.1, -0.05) is 198 Å². The molecule has 0 aliphatic heterocycles. The van der Waals surface area contributed by atoms with Crippen LogP contribution < -0.4 is 9.79 Å². The molecule has 53 heavy (non-hydrogen) atoms. The van der Waals surface area contributed by atoms with Crippen LogP contribution in [0.25, 0.3) is 0 Å². The molecule has 0 aliphatic rings. The van der Waals surface area contributed by atoms with Gasteiger partial charge in [0.1, 0.15) is 6.61 Å². The summed E-state index contributed by atoms with van der Waals surface area (Å²) in [5.74, 6) is -0.580. The summed E-state index contributed by atoms with van der Waals surface area (Å²) in [6, 6.07) is 8.61. The van der Waals surface area contributed by atoms with Gasteiger partial charge in [0, 0.05) is 12.8 Å². The maximum absolute atomic E-state index is 12.1. The molecule has 304 valence electrons. The molecule has 1 aromatic carbocycles. The van der Waals surface area contributed by atoms with Gasteiger partial charge in [-0.05, 0) is 18.4 Å². The maximum atomic E-state index is 12.1. The Balaban J connectivity index is 0. The van der Waals surface area contributed by atoms with Crippen molar-refractivity contribution in [3.63, 3.8) is 0 Å². The molecular weight excluding hydrogens is 720 g/mol. The van der Waals surface area contributed by atoms with Crippen LogP contribution in [-0.2, 0) is 34.8 Å². The van der Waals surface area contributed by atoms with E-state index >= 15 is 0 Å². The summed E-state index contributed by atoms with van der Waals surface area (Å²) in [6.07, 6.45) is 32.9. The zero-order valence-electron chi connectivity index (χ0n) is 33.8. The molecule has 0 aliphatic carbocycles. The molecule has 0 bridgehead atoms. The smallest absolute Gasteiger partial charge is 0.790 e. The summed E-state index contributed by atoms with van der Waals surface area (Å²) in [7, 11) is -4.83. The summed E-state index contributed by atoms with van der Waals surface area (Å²) in [4.78, 5) is 44.2. The number of carbonyl (C=O) groups is 2. The molecule has 1 aromatic rings. The number of aliphatic hydroxyl groups is 1. The Hall–Kier alpha value is -0.510. The minimum atomic E-state index is -4.83. The standard InChI is InChI=1S/C35H68O5.C7H9O4P.Ca/c1-3-5-7-9-11-13-15-17-19-21-23-25-27-29-34(37)39-32-33(31-36)40-35(38)30-28-26-24-22-20-18-16-14-12-10-8-6-4-2;8-12(9,10)11-6-7-4-2-1-3-5-7;/h33,36H,3-32H2,1-2H3;1-5H,6H2,(H2,8,9,10);/q;;+2/p-2. The molecule has 9 nitrogen and oxygen atoms in total. The molecule has 0 radical (unpaired) electrons. The number of benzene rings is 1. The first kappa shape index (κ1) is 54.6. The van der Waals surface area contributed by atoms with E-state index in [2.05, 4.69) is 18.4 Å². The van der Waals surface area contributed by atoms with E-state index in [4.69, 9.17) is 9.47 Å². The number of aliphatic hydroxyl groups excluding tert-OH is 1. The van der Waals surface area contributed by atoms with E-state index in [1.54, 1.807) is 30.3 Å². The van der Waals surface area contributed by atoms with Crippen LogP contribution in [0.2, 0.25) is 0 Å². The Morgan fingerprint density at radius 1 is 0.604 bits per heavy atom. The third-order valence-electron chi connectivity index (χ3n) is 9.13. The molecule has 0 saturated carbocycles. The number of phosphoric ester groups is 1. The van der Waals surface area contributed by atoms with Crippen LogP contribution >= 0.6 is 7.82 Å². The first-order chi connectivity index (χ1) is 25.2. The van der Waals surface area contributed by atoms with Gasteiger partial charge in [-0.2, -0.15) is 0 Å². The van der Waals surface area contributed by atoms with E-state index in [1.807, 2.05) is 0 Å². The maximum Gasteiger partial charge on any atom is 2.00 e. The van der Waals surface area contributed by atoms with Crippen LogP contribution in [-0.4, -0.2) is 74.1 Å². The van der Waals surface area contributed by atoms with Crippen molar-refractivity contribution in [1.82, 2.24) is 0 Å².